The number of rotatable bonds is 7. The molecule has 0 radical (unpaired) electrons. The highest BCUT2D eigenvalue weighted by molar-refractivity contribution is 5.10. The molecule has 112 valence electrons. The van der Waals surface area contributed by atoms with Gasteiger partial charge in [0, 0.05) is 31.0 Å². The third-order valence-corrected chi connectivity index (χ3v) is 4.40. The van der Waals surface area contributed by atoms with E-state index in [4.69, 9.17) is 0 Å². The van der Waals surface area contributed by atoms with Gasteiger partial charge < -0.3 is 5.32 Å². The van der Waals surface area contributed by atoms with Gasteiger partial charge in [-0.3, -0.25) is 9.88 Å². The molecule has 0 saturated heterocycles. The molecule has 2 atom stereocenters. The summed E-state index contributed by atoms with van der Waals surface area (Å²) in [5.74, 6) is 0. The zero-order valence-electron chi connectivity index (χ0n) is 13.0. The molecule has 0 bridgehead atoms. The lowest BCUT2D eigenvalue weighted by atomic mass is 9.88. The van der Waals surface area contributed by atoms with Crippen molar-refractivity contribution in [3.63, 3.8) is 0 Å². The second-order valence-electron chi connectivity index (χ2n) is 5.83. The summed E-state index contributed by atoms with van der Waals surface area (Å²) in [5, 5.41) is 3.77. The number of pyridine rings is 1. The first kappa shape index (κ1) is 15.5. The maximum Gasteiger partial charge on any atom is 0.0271 e. The van der Waals surface area contributed by atoms with E-state index in [0.29, 0.717) is 12.1 Å². The predicted octanol–water partition coefficient (Wildman–Crippen LogP) is 3.21. The molecule has 2 rings (SSSR count). The van der Waals surface area contributed by atoms with Gasteiger partial charge in [-0.2, -0.15) is 0 Å². The van der Waals surface area contributed by atoms with E-state index in [-0.39, 0.29) is 0 Å². The van der Waals surface area contributed by atoms with Crippen molar-refractivity contribution in [3.8, 4) is 0 Å². The minimum atomic E-state index is 0.672. The first-order valence-corrected chi connectivity index (χ1v) is 8.21. The number of aromatic nitrogens is 1. The zero-order valence-corrected chi connectivity index (χ0v) is 13.0. The van der Waals surface area contributed by atoms with Crippen molar-refractivity contribution in [1.82, 2.24) is 15.2 Å². The van der Waals surface area contributed by atoms with Crippen molar-refractivity contribution in [2.45, 2.75) is 64.6 Å². The first-order chi connectivity index (χ1) is 9.85. The molecule has 3 nitrogen and oxygen atoms in total. The van der Waals surface area contributed by atoms with Gasteiger partial charge >= 0.3 is 0 Å². The summed E-state index contributed by atoms with van der Waals surface area (Å²) in [7, 11) is 0. The second-order valence-corrected chi connectivity index (χ2v) is 5.83. The van der Waals surface area contributed by atoms with Gasteiger partial charge in [0.2, 0.25) is 0 Å². The Balaban J connectivity index is 1.99. The van der Waals surface area contributed by atoms with Crippen LogP contribution in [0.5, 0.6) is 0 Å². The average molecular weight is 275 g/mol. The molecular weight excluding hydrogens is 246 g/mol. The summed E-state index contributed by atoms with van der Waals surface area (Å²) in [6.45, 7) is 7.85. The van der Waals surface area contributed by atoms with Gasteiger partial charge in [0.15, 0.2) is 0 Å². The number of nitrogens with zero attached hydrogens (tertiary/aromatic N) is 2. The third kappa shape index (κ3) is 4.29. The number of nitrogens with one attached hydrogen (secondary N) is 1. The Morgan fingerprint density at radius 2 is 1.95 bits per heavy atom. The second kappa shape index (κ2) is 8.38. The van der Waals surface area contributed by atoms with E-state index in [1.165, 1.54) is 37.7 Å². The molecule has 1 aliphatic rings. The van der Waals surface area contributed by atoms with E-state index >= 15 is 0 Å². The van der Waals surface area contributed by atoms with Crippen molar-refractivity contribution in [3.05, 3.63) is 30.1 Å². The van der Waals surface area contributed by atoms with E-state index in [1.54, 1.807) is 0 Å². The van der Waals surface area contributed by atoms with Crippen LogP contribution in [0.4, 0.5) is 0 Å². The van der Waals surface area contributed by atoms with Crippen molar-refractivity contribution in [1.29, 1.82) is 0 Å². The van der Waals surface area contributed by atoms with Crippen molar-refractivity contribution in [2.24, 2.45) is 0 Å². The van der Waals surface area contributed by atoms with Gasteiger partial charge in [-0.1, -0.05) is 26.7 Å². The standard InChI is InChI=1S/C17H29N3/c1-3-11-19-16-7-5-6-8-17(16)20(4-2)14-15-9-12-18-13-10-15/h9-10,12-13,16-17,19H,3-8,11,14H2,1-2H3. The zero-order chi connectivity index (χ0) is 14.2. The minimum absolute atomic E-state index is 0.672. The van der Waals surface area contributed by atoms with Crippen molar-refractivity contribution in [2.75, 3.05) is 13.1 Å². The highest BCUT2D eigenvalue weighted by atomic mass is 15.2. The van der Waals surface area contributed by atoms with Crippen molar-refractivity contribution >= 4 is 0 Å². The molecule has 1 saturated carbocycles. The highest BCUT2D eigenvalue weighted by Crippen LogP contribution is 2.24. The van der Waals surface area contributed by atoms with Gasteiger partial charge in [0.05, 0.1) is 0 Å². The fourth-order valence-corrected chi connectivity index (χ4v) is 3.30. The highest BCUT2D eigenvalue weighted by Gasteiger charge is 2.28. The Morgan fingerprint density at radius 3 is 2.65 bits per heavy atom. The van der Waals surface area contributed by atoms with Crippen LogP contribution in [0.1, 0.15) is 51.5 Å². The monoisotopic (exact) mass is 275 g/mol. The molecular formula is C17H29N3. The van der Waals surface area contributed by atoms with E-state index in [1.807, 2.05) is 12.4 Å². The summed E-state index contributed by atoms with van der Waals surface area (Å²) < 4.78 is 0. The van der Waals surface area contributed by atoms with Gasteiger partial charge in [0.25, 0.3) is 0 Å². The normalized spacial score (nSPS) is 23.1. The summed E-state index contributed by atoms with van der Waals surface area (Å²) >= 11 is 0. The van der Waals surface area contributed by atoms with Gasteiger partial charge in [-0.05, 0) is 50.0 Å². The van der Waals surface area contributed by atoms with Crippen LogP contribution in [0.15, 0.2) is 24.5 Å². The molecule has 1 N–H and O–H groups in total. The number of hydrogen-bond acceptors (Lipinski definition) is 3. The molecule has 1 aromatic heterocycles. The summed E-state index contributed by atoms with van der Waals surface area (Å²) in [4.78, 5) is 6.76. The summed E-state index contributed by atoms with van der Waals surface area (Å²) in [6, 6.07) is 5.64. The number of hydrogen-bond donors (Lipinski definition) is 1. The topological polar surface area (TPSA) is 28.2 Å². The van der Waals surface area contributed by atoms with Crippen LogP contribution in [0.2, 0.25) is 0 Å². The van der Waals surface area contributed by atoms with Crippen LogP contribution in [0.3, 0.4) is 0 Å². The Morgan fingerprint density at radius 1 is 1.20 bits per heavy atom. The lowest BCUT2D eigenvalue weighted by Gasteiger charge is -2.40. The van der Waals surface area contributed by atoms with Gasteiger partial charge in [-0.15, -0.1) is 0 Å². The largest absolute Gasteiger partial charge is 0.312 e. The molecule has 3 heteroatoms. The quantitative estimate of drug-likeness (QED) is 0.828. The van der Waals surface area contributed by atoms with E-state index in [2.05, 4.69) is 41.2 Å². The summed E-state index contributed by atoms with van der Waals surface area (Å²) in [6.07, 6.45) is 10.4. The average Bonchev–Trinajstić information content (AvgIpc) is 2.52. The Hall–Kier alpha value is -0.930. The van der Waals surface area contributed by atoms with Crippen LogP contribution < -0.4 is 5.32 Å². The van der Waals surface area contributed by atoms with E-state index in [0.717, 1.165) is 19.6 Å². The minimum Gasteiger partial charge on any atom is -0.312 e. The van der Waals surface area contributed by atoms with Gasteiger partial charge in [0.1, 0.15) is 0 Å². The maximum atomic E-state index is 4.12. The van der Waals surface area contributed by atoms with E-state index in [9.17, 15) is 0 Å². The van der Waals surface area contributed by atoms with Crippen LogP contribution in [-0.2, 0) is 6.54 Å². The van der Waals surface area contributed by atoms with E-state index < -0.39 is 0 Å². The molecule has 2 unspecified atom stereocenters. The predicted molar refractivity (Wildman–Crippen MR) is 84.7 cm³/mol. The maximum absolute atomic E-state index is 4.12. The lowest BCUT2D eigenvalue weighted by Crippen LogP contribution is -2.51. The third-order valence-electron chi connectivity index (χ3n) is 4.40. The lowest BCUT2D eigenvalue weighted by molar-refractivity contribution is 0.120. The fraction of sp³-hybridized carbons (Fsp3) is 0.706. The molecule has 0 aliphatic heterocycles. The Bertz CT molecular complexity index is 366. The summed E-state index contributed by atoms with van der Waals surface area (Å²) in [5.41, 5.74) is 1.38. The number of likely N-dealkylation sites (N-methyl/N-ethyl adjacent to an activating group) is 1. The first-order valence-electron chi connectivity index (χ1n) is 8.21. The van der Waals surface area contributed by atoms with Crippen LogP contribution in [0.25, 0.3) is 0 Å². The fourth-order valence-electron chi connectivity index (χ4n) is 3.30. The molecule has 1 aromatic rings. The van der Waals surface area contributed by atoms with Crippen LogP contribution in [0, 0.1) is 0 Å². The Kier molecular flexibility index (Phi) is 6.48. The molecule has 0 aromatic carbocycles. The molecule has 0 amide bonds. The van der Waals surface area contributed by atoms with Crippen molar-refractivity contribution < 1.29 is 0 Å². The molecule has 1 aliphatic carbocycles. The smallest absolute Gasteiger partial charge is 0.0271 e. The molecule has 0 spiro atoms. The molecule has 20 heavy (non-hydrogen) atoms. The van der Waals surface area contributed by atoms with Gasteiger partial charge in [-0.25, -0.2) is 0 Å². The Labute approximate surface area is 123 Å². The molecule has 1 heterocycles. The molecule has 1 fully saturated rings. The van der Waals surface area contributed by atoms with Crippen LogP contribution >= 0.6 is 0 Å². The van der Waals surface area contributed by atoms with Crippen LogP contribution in [-0.4, -0.2) is 35.1 Å². The SMILES string of the molecule is CCCNC1CCCCC1N(CC)Cc1ccncc1.